The van der Waals surface area contributed by atoms with E-state index in [1.165, 1.54) is 4.31 Å². The summed E-state index contributed by atoms with van der Waals surface area (Å²) >= 11 is 0. The Balaban J connectivity index is 1.51. The molecule has 1 heterocycles. The Kier molecular flexibility index (Phi) is 6.38. The number of halogens is 2. The van der Waals surface area contributed by atoms with Crippen LogP contribution in [-0.2, 0) is 20.6 Å². The number of rotatable bonds is 6. The molecule has 0 unspecified atom stereocenters. The minimum Gasteiger partial charge on any atom is -0.325 e. The van der Waals surface area contributed by atoms with Crippen LogP contribution in [0.5, 0.6) is 0 Å². The highest BCUT2D eigenvalue weighted by Gasteiger charge is 2.30. The van der Waals surface area contributed by atoms with Crippen LogP contribution in [0.25, 0.3) is 0 Å². The van der Waals surface area contributed by atoms with Crippen LogP contribution in [0.15, 0.2) is 48.5 Å². The third kappa shape index (κ3) is 5.34. The molecule has 0 saturated carbocycles. The fourth-order valence-electron chi connectivity index (χ4n) is 3.15. The summed E-state index contributed by atoms with van der Waals surface area (Å²) in [5, 5.41) is 2.37. The molecule has 6 nitrogen and oxygen atoms in total. The van der Waals surface area contributed by atoms with Crippen molar-refractivity contribution in [3.63, 3.8) is 0 Å². The summed E-state index contributed by atoms with van der Waals surface area (Å²) in [6.07, 6.45) is 0. The smallest absolute Gasteiger partial charge is 0.279 e. The zero-order valence-corrected chi connectivity index (χ0v) is 16.0. The summed E-state index contributed by atoms with van der Waals surface area (Å²) in [6.45, 7) is 1.61. The largest absolute Gasteiger partial charge is 0.325 e. The Bertz CT molecular complexity index is 931. The van der Waals surface area contributed by atoms with Crippen molar-refractivity contribution in [1.82, 2.24) is 4.31 Å². The topological polar surface area (TPSA) is 70.9 Å². The number of hydrogen-bond acceptors (Lipinski definition) is 3. The number of piperazine rings is 1. The minimum atomic E-state index is -3.42. The first-order valence-corrected chi connectivity index (χ1v) is 10.5. The molecule has 1 amide bonds. The summed E-state index contributed by atoms with van der Waals surface area (Å²) in [6, 6.07) is 11.8. The molecule has 0 aliphatic carbocycles. The number of quaternary nitrogens is 1. The number of nitrogens with one attached hydrogen (secondary N) is 2. The van der Waals surface area contributed by atoms with Crippen molar-refractivity contribution in [2.75, 3.05) is 38.0 Å². The highest BCUT2D eigenvalue weighted by molar-refractivity contribution is 7.88. The Morgan fingerprint density at radius 3 is 2.43 bits per heavy atom. The van der Waals surface area contributed by atoms with E-state index < -0.39 is 27.6 Å². The van der Waals surface area contributed by atoms with Crippen LogP contribution in [0.1, 0.15) is 5.56 Å². The molecule has 3 rings (SSSR count). The Morgan fingerprint density at radius 1 is 1.07 bits per heavy atom. The molecule has 150 valence electrons. The maximum absolute atomic E-state index is 13.6. The fraction of sp³-hybridized carbons (Fsp3) is 0.316. The van der Waals surface area contributed by atoms with Crippen LogP contribution in [0.3, 0.4) is 0 Å². The van der Waals surface area contributed by atoms with Gasteiger partial charge in [-0.2, -0.15) is 4.31 Å². The van der Waals surface area contributed by atoms with Crippen LogP contribution in [0.2, 0.25) is 0 Å². The maximum Gasteiger partial charge on any atom is 0.279 e. The lowest BCUT2D eigenvalue weighted by Crippen LogP contribution is -3.15. The van der Waals surface area contributed by atoms with Gasteiger partial charge < -0.3 is 10.2 Å². The van der Waals surface area contributed by atoms with Crippen molar-refractivity contribution >= 4 is 21.6 Å². The number of carbonyl (C=O) groups excluding carboxylic acids is 1. The number of carbonyl (C=O) groups is 1. The minimum absolute atomic E-state index is 0.0531. The highest BCUT2D eigenvalue weighted by atomic mass is 32.2. The van der Waals surface area contributed by atoms with Crippen molar-refractivity contribution in [3.05, 3.63) is 65.7 Å². The quantitative estimate of drug-likeness (QED) is 0.734. The lowest BCUT2D eigenvalue weighted by molar-refractivity contribution is -0.895. The molecule has 2 aromatic rings. The van der Waals surface area contributed by atoms with E-state index in [1.54, 1.807) is 24.3 Å². The van der Waals surface area contributed by atoms with Gasteiger partial charge in [-0.15, -0.1) is 0 Å². The van der Waals surface area contributed by atoms with Crippen molar-refractivity contribution < 1.29 is 26.9 Å². The zero-order valence-electron chi connectivity index (χ0n) is 15.2. The Morgan fingerprint density at radius 2 is 1.75 bits per heavy atom. The van der Waals surface area contributed by atoms with Gasteiger partial charge >= 0.3 is 0 Å². The van der Waals surface area contributed by atoms with Crippen LogP contribution >= 0.6 is 0 Å². The lowest BCUT2D eigenvalue weighted by Gasteiger charge is -2.31. The van der Waals surface area contributed by atoms with Crippen molar-refractivity contribution in [3.8, 4) is 0 Å². The maximum atomic E-state index is 13.6. The second kappa shape index (κ2) is 8.76. The number of benzene rings is 2. The van der Waals surface area contributed by atoms with E-state index in [0.29, 0.717) is 26.2 Å². The standard InChI is InChI=1S/C19H21F2N3O3S/c20-16-6-7-17(21)18(12-16)22-19(25)13-23-8-10-24(11-9-23)28(26,27)14-15-4-2-1-3-5-15/h1-7,12H,8-11,13-14H2,(H,22,25)/p+1. The number of hydrogen-bond donors (Lipinski definition) is 2. The normalized spacial score (nSPS) is 16.1. The summed E-state index contributed by atoms with van der Waals surface area (Å²) in [5.41, 5.74) is 0.530. The summed E-state index contributed by atoms with van der Waals surface area (Å²) < 4.78 is 53.3. The molecule has 0 bridgehead atoms. The summed E-state index contributed by atoms with van der Waals surface area (Å²) in [4.78, 5) is 13.0. The first-order valence-electron chi connectivity index (χ1n) is 8.94. The highest BCUT2D eigenvalue weighted by Crippen LogP contribution is 2.15. The molecule has 9 heteroatoms. The molecule has 0 radical (unpaired) electrons. The first kappa shape index (κ1) is 20.4. The number of amides is 1. The van der Waals surface area contributed by atoms with Crippen LogP contribution < -0.4 is 10.2 Å². The van der Waals surface area contributed by atoms with E-state index in [9.17, 15) is 22.0 Å². The van der Waals surface area contributed by atoms with Gasteiger partial charge in [-0.3, -0.25) is 4.79 Å². The molecule has 0 spiro atoms. The molecule has 0 atom stereocenters. The molecule has 28 heavy (non-hydrogen) atoms. The molecular formula is C19H22F2N3O3S+. The van der Waals surface area contributed by atoms with Crippen molar-refractivity contribution in [1.29, 1.82) is 0 Å². The van der Waals surface area contributed by atoms with Crippen molar-refractivity contribution in [2.24, 2.45) is 0 Å². The molecule has 1 aliphatic rings. The van der Waals surface area contributed by atoms with E-state index in [0.717, 1.165) is 28.7 Å². The molecule has 2 aromatic carbocycles. The predicted octanol–water partition coefficient (Wildman–Crippen LogP) is 0.634. The summed E-state index contributed by atoms with van der Waals surface area (Å²) in [7, 11) is -3.42. The monoisotopic (exact) mass is 410 g/mol. The lowest BCUT2D eigenvalue weighted by atomic mass is 10.2. The average molecular weight is 410 g/mol. The molecule has 2 N–H and O–H groups in total. The number of anilines is 1. The third-order valence-electron chi connectivity index (χ3n) is 4.63. The van der Waals surface area contributed by atoms with E-state index in [-0.39, 0.29) is 18.0 Å². The fourth-order valence-corrected chi connectivity index (χ4v) is 4.68. The number of sulfonamides is 1. The van der Waals surface area contributed by atoms with Crippen molar-refractivity contribution in [2.45, 2.75) is 5.75 Å². The second-order valence-corrected chi connectivity index (χ2v) is 8.71. The van der Waals surface area contributed by atoms with Crippen LogP contribution in [0.4, 0.5) is 14.5 Å². The Hall–Kier alpha value is -2.36. The van der Waals surface area contributed by atoms with Gasteiger partial charge in [0.15, 0.2) is 6.54 Å². The molecular weight excluding hydrogens is 388 g/mol. The average Bonchev–Trinajstić information content (AvgIpc) is 2.65. The van der Waals surface area contributed by atoms with E-state index in [1.807, 2.05) is 6.07 Å². The van der Waals surface area contributed by atoms with E-state index >= 15 is 0 Å². The van der Waals surface area contributed by atoms with Gasteiger partial charge in [0.05, 0.1) is 37.6 Å². The predicted molar refractivity (Wildman–Crippen MR) is 101 cm³/mol. The molecule has 1 fully saturated rings. The second-order valence-electron chi connectivity index (χ2n) is 6.74. The zero-order chi connectivity index (χ0) is 20.1. The van der Waals surface area contributed by atoms with E-state index in [2.05, 4.69) is 5.32 Å². The first-order chi connectivity index (χ1) is 13.3. The van der Waals surface area contributed by atoms with Gasteiger partial charge in [0.25, 0.3) is 5.91 Å². The van der Waals surface area contributed by atoms with Gasteiger partial charge in [0, 0.05) is 6.07 Å². The van der Waals surface area contributed by atoms with Gasteiger partial charge in [0.1, 0.15) is 11.6 Å². The van der Waals surface area contributed by atoms with E-state index in [4.69, 9.17) is 0 Å². The van der Waals surface area contributed by atoms with Gasteiger partial charge in [-0.05, 0) is 17.7 Å². The SMILES string of the molecule is O=C(C[NH+]1CCN(S(=O)(=O)Cc2ccccc2)CC1)Nc1cc(F)ccc1F. The third-order valence-corrected chi connectivity index (χ3v) is 6.48. The molecule has 0 aromatic heterocycles. The number of nitrogens with zero attached hydrogens (tertiary/aromatic N) is 1. The van der Waals surface area contributed by atoms with Crippen LogP contribution in [0, 0.1) is 11.6 Å². The van der Waals surface area contributed by atoms with Crippen LogP contribution in [-0.4, -0.2) is 51.4 Å². The summed E-state index contributed by atoms with van der Waals surface area (Å²) in [5.74, 6) is -1.84. The Labute approximate surface area is 162 Å². The van der Waals surface area contributed by atoms with Gasteiger partial charge in [-0.25, -0.2) is 17.2 Å². The van der Waals surface area contributed by atoms with Gasteiger partial charge in [-0.1, -0.05) is 30.3 Å². The molecule has 1 aliphatic heterocycles. The molecule has 1 saturated heterocycles. The van der Waals surface area contributed by atoms with Gasteiger partial charge in [0.2, 0.25) is 10.0 Å².